The van der Waals surface area contributed by atoms with Gasteiger partial charge in [0, 0.05) is 6.42 Å². The topological polar surface area (TPSA) is 40.1 Å². The number of hydrogen-bond acceptors (Lipinski definition) is 2. The Bertz CT molecular complexity index is 242. The van der Waals surface area contributed by atoms with Gasteiger partial charge in [-0.2, -0.15) is 17.6 Å². The lowest BCUT2D eigenvalue weighted by Gasteiger charge is -2.27. The Hall–Kier alpha value is -0.810. The first-order chi connectivity index (χ1) is 7.75. The summed E-state index contributed by atoms with van der Waals surface area (Å²) in [7, 11) is 0. The first kappa shape index (κ1) is 16.2. The van der Waals surface area contributed by atoms with E-state index in [-0.39, 0.29) is 6.42 Å². The highest BCUT2D eigenvalue weighted by Crippen LogP contribution is 2.37. The highest BCUT2D eigenvalue weighted by atomic mass is 19.3. The molecule has 0 radical (unpaired) electrons. The summed E-state index contributed by atoms with van der Waals surface area (Å²) in [5.41, 5.74) is 0. The molecule has 6 heteroatoms. The van der Waals surface area contributed by atoms with Crippen LogP contribution in [0.15, 0.2) is 0 Å². The number of carboxylic acid groups (broad SMARTS) is 1. The van der Waals surface area contributed by atoms with E-state index in [4.69, 9.17) is 0 Å². The molecule has 17 heavy (non-hydrogen) atoms. The van der Waals surface area contributed by atoms with Gasteiger partial charge in [-0.1, -0.05) is 39.0 Å². The van der Waals surface area contributed by atoms with Crippen molar-refractivity contribution < 1.29 is 27.5 Å². The molecule has 0 spiro atoms. The Morgan fingerprint density at radius 1 is 1.00 bits per heavy atom. The lowest BCUT2D eigenvalue weighted by Crippen LogP contribution is -2.53. The van der Waals surface area contributed by atoms with Gasteiger partial charge in [-0.15, -0.1) is 0 Å². The normalized spacial score (nSPS) is 12.8. The molecule has 0 aliphatic rings. The first-order valence-corrected chi connectivity index (χ1v) is 5.72. The van der Waals surface area contributed by atoms with Gasteiger partial charge < -0.3 is 9.90 Å². The van der Waals surface area contributed by atoms with Gasteiger partial charge in [-0.05, 0) is 6.42 Å². The number of carbonyl (C=O) groups is 1. The molecular weight excluding hydrogens is 240 g/mol. The molecule has 0 rings (SSSR count). The number of halogens is 4. The second-order valence-electron chi connectivity index (χ2n) is 4.08. The molecule has 0 saturated heterocycles. The fourth-order valence-electron chi connectivity index (χ4n) is 1.43. The maximum Gasteiger partial charge on any atom is 0.349 e. The van der Waals surface area contributed by atoms with Crippen molar-refractivity contribution in [3.8, 4) is 0 Å². The van der Waals surface area contributed by atoms with Crippen LogP contribution in [0.5, 0.6) is 0 Å². The minimum atomic E-state index is -5.09. The summed E-state index contributed by atoms with van der Waals surface area (Å²) in [4.78, 5) is 9.90. The second-order valence-corrected chi connectivity index (χ2v) is 4.08. The van der Waals surface area contributed by atoms with Crippen LogP contribution in [0.3, 0.4) is 0 Å². The summed E-state index contributed by atoms with van der Waals surface area (Å²) in [6.45, 7) is 1.99. The van der Waals surface area contributed by atoms with Crippen LogP contribution in [0.1, 0.15) is 51.9 Å². The molecule has 0 aromatic rings. The van der Waals surface area contributed by atoms with Crippen LogP contribution in [0.25, 0.3) is 0 Å². The predicted octanol–water partition coefficient (Wildman–Crippen LogP) is 2.76. The number of unbranched alkanes of at least 4 members (excludes halogenated alkanes) is 5. The van der Waals surface area contributed by atoms with E-state index in [0.29, 0.717) is 12.8 Å². The highest BCUT2D eigenvalue weighted by molar-refractivity contribution is 5.74. The molecule has 2 nitrogen and oxygen atoms in total. The van der Waals surface area contributed by atoms with Crippen LogP contribution in [-0.2, 0) is 4.79 Å². The number of carbonyl (C=O) groups excluding carboxylic acids is 1. The van der Waals surface area contributed by atoms with Crippen molar-refractivity contribution in [2.24, 2.45) is 0 Å². The smallest absolute Gasteiger partial charge is 0.349 e. The van der Waals surface area contributed by atoms with Crippen molar-refractivity contribution >= 4 is 5.97 Å². The van der Waals surface area contributed by atoms with Crippen LogP contribution in [0.4, 0.5) is 17.6 Å². The highest BCUT2D eigenvalue weighted by Gasteiger charge is 2.56. The van der Waals surface area contributed by atoms with Crippen molar-refractivity contribution in [1.29, 1.82) is 0 Å². The van der Waals surface area contributed by atoms with Crippen molar-refractivity contribution in [2.45, 2.75) is 63.7 Å². The third kappa shape index (κ3) is 4.91. The molecule has 0 aromatic heterocycles. The summed E-state index contributed by atoms with van der Waals surface area (Å²) in [6.07, 6.45) is 2.71. The van der Waals surface area contributed by atoms with E-state index >= 15 is 0 Å². The molecule has 0 unspecified atom stereocenters. The number of alkyl halides is 4. The standard InChI is InChI=1S/C11H18F4O2/c1-2-3-4-5-6-7-8-10(12,13)11(14,15)9(16)17/h2-8H2,1H3,(H,16,17)/p-1. The minimum absolute atomic E-state index is 0.112. The zero-order chi connectivity index (χ0) is 13.5. The van der Waals surface area contributed by atoms with Crippen molar-refractivity contribution in [2.75, 3.05) is 0 Å². The third-order valence-electron chi connectivity index (χ3n) is 2.56. The van der Waals surface area contributed by atoms with Crippen LogP contribution < -0.4 is 5.11 Å². The summed E-state index contributed by atoms with van der Waals surface area (Å²) < 4.78 is 50.8. The maximum absolute atomic E-state index is 12.9. The summed E-state index contributed by atoms with van der Waals surface area (Å²) in [5, 5.41) is 9.90. The average Bonchev–Trinajstić information content (AvgIpc) is 2.22. The van der Waals surface area contributed by atoms with E-state index in [0.717, 1.165) is 19.3 Å². The van der Waals surface area contributed by atoms with Gasteiger partial charge in [0.2, 0.25) is 0 Å². The molecule has 0 N–H and O–H groups in total. The molecule has 0 heterocycles. The van der Waals surface area contributed by atoms with Gasteiger partial charge >= 0.3 is 11.8 Å². The van der Waals surface area contributed by atoms with Gasteiger partial charge in [0.25, 0.3) is 0 Å². The molecule has 0 amide bonds. The predicted molar refractivity (Wildman–Crippen MR) is 52.9 cm³/mol. The zero-order valence-electron chi connectivity index (χ0n) is 9.78. The molecule has 102 valence electrons. The zero-order valence-corrected chi connectivity index (χ0v) is 9.78. The molecule has 0 bridgehead atoms. The van der Waals surface area contributed by atoms with Crippen molar-refractivity contribution in [3.63, 3.8) is 0 Å². The fourth-order valence-corrected chi connectivity index (χ4v) is 1.43. The van der Waals surface area contributed by atoms with Crippen molar-refractivity contribution in [3.05, 3.63) is 0 Å². The number of rotatable bonds is 9. The Kier molecular flexibility index (Phi) is 6.49. The average molecular weight is 257 g/mol. The molecular formula is C11H17F4O2-. The Balaban J connectivity index is 3.98. The van der Waals surface area contributed by atoms with Gasteiger partial charge in [0.15, 0.2) is 0 Å². The number of carboxylic acids is 1. The van der Waals surface area contributed by atoms with Crippen LogP contribution in [0, 0.1) is 0 Å². The summed E-state index contributed by atoms with van der Waals surface area (Å²) in [5.74, 6) is -12.6. The molecule has 0 aliphatic carbocycles. The fraction of sp³-hybridized carbons (Fsp3) is 0.909. The lowest BCUT2D eigenvalue weighted by molar-refractivity contribution is -0.348. The van der Waals surface area contributed by atoms with E-state index in [9.17, 15) is 27.5 Å². The second kappa shape index (κ2) is 6.81. The number of aliphatic carboxylic acids is 1. The van der Waals surface area contributed by atoms with E-state index in [1.54, 1.807) is 0 Å². The van der Waals surface area contributed by atoms with E-state index < -0.39 is 24.2 Å². The molecule has 0 saturated carbocycles. The van der Waals surface area contributed by atoms with Crippen LogP contribution >= 0.6 is 0 Å². The van der Waals surface area contributed by atoms with Gasteiger partial charge in [-0.3, -0.25) is 0 Å². The summed E-state index contributed by atoms with van der Waals surface area (Å²) in [6, 6.07) is 0. The lowest BCUT2D eigenvalue weighted by atomic mass is 10.0. The molecule has 0 fully saturated rings. The number of hydrogen-bond donors (Lipinski definition) is 0. The summed E-state index contributed by atoms with van der Waals surface area (Å²) >= 11 is 0. The maximum atomic E-state index is 12.9. The quantitative estimate of drug-likeness (QED) is 0.470. The first-order valence-electron chi connectivity index (χ1n) is 5.72. The Labute approximate surface area is 98.0 Å². The van der Waals surface area contributed by atoms with Gasteiger partial charge in [-0.25, -0.2) is 0 Å². The monoisotopic (exact) mass is 257 g/mol. The Morgan fingerprint density at radius 3 is 1.94 bits per heavy atom. The van der Waals surface area contributed by atoms with E-state index in [1.165, 1.54) is 0 Å². The van der Waals surface area contributed by atoms with Gasteiger partial charge in [0.1, 0.15) is 5.97 Å². The minimum Gasteiger partial charge on any atom is -0.544 e. The molecule has 0 aromatic carbocycles. The molecule has 0 atom stereocenters. The van der Waals surface area contributed by atoms with E-state index in [2.05, 4.69) is 0 Å². The van der Waals surface area contributed by atoms with Crippen LogP contribution in [-0.4, -0.2) is 17.8 Å². The van der Waals surface area contributed by atoms with Gasteiger partial charge in [0.05, 0.1) is 0 Å². The molecule has 0 aliphatic heterocycles. The largest absolute Gasteiger partial charge is 0.544 e. The SMILES string of the molecule is CCCCCCCCC(F)(F)C(F)(F)C(=O)[O-]. The third-order valence-corrected chi connectivity index (χ3v) is 2.56. The van der Waals surface area contributed by atoms with Crippen molar-refractivity contribution in [1.82, 2.24) is 0 Å². The van der Waals surface area contributed by atoms with Crippen LogP contribution in [0.2, 0.25) is 0 Å². The Morgan fingerprint density at radius 2 is 1.47 bits per heavy atom. The van der Waals surface area contributed by atoms with E-state index in [1.807, 2.05) is 6.92 Å².